The van der Waals surface area contributed by atoms with Crippen LogP contribution in [0.1, 0.15) is 24.0 Å². The van der Waals surface area contributed by atoms with Gasteiger partial charge in [-0.25, -0.2) is 0 Å². The maximum absolute atomic E-state index is 12.4. The smallest absolute Gasteiger partial charge is 0.234 e. The first-order chi connectivity index (χ1) is 12.2. The summed E-state index contributed by atoms with van der Waals surface area (Å²) in [6, 6.07) is 20.6. The monoisotopic (exact) mass is 409 g/mol. The first kappa shape index (κ1) is 23.4. The predicted octanol–water partition coefficient (Wildman–Crippen LogP) is 3.39. The Bertz CT molecular complexity index is 624. The average Bonchev–Trinajstić information content (AvgIpc) is 3.46. The van der Waals surface area contributed by atoms with Gasteiger partial charge >= 0.3 is 0 Å². The normalized spacial score (nSPS) is 14.0. The first-order valence-corrected chi connectivity index (χ1v) is 9.03. The maximum Gasteiger partial charge on any atom is 0.234 e. The van der Waals surface area contributed by atoms with Crippen LogP contribution < -0.4 is 11.1 Å². The summed E-state index contributed by atoms with van der Waals surface area (Å²) < 4.78 is 0. The number of carbonyl (C=O) groups is 1. The third-order valence-electron chi connectivity index (χ3n) is 4.63. The van der Waals surface area contributed by atoms with Crippen molar-refractivity contribution in [2.24, 2.45) is 11.7 Å². The largest absolute Gasteiger partial charge is 0.353 e. The van der Waals surface area contributed by atoms with E-state index >= 15 is 0 Å². The molecule has 1 amide bonds. The van der Waals surface area contributed by atoms with Crippen molar-refractivity contribution in [1.29, 1.82) is 0 Å². The van der Waals surface area contributed by atoms with Crippen LogP contribution in [0, 0.1) is 5.92 Å². The van der Waals surface area contributed by atoms with Crippen molar-refractivity contribution in [1.82, 2.24) is 10.2 Å². The lowest BCUT2D eigenvalue weighted by atomic mass is 10.1. The molecule has 0 bridgehead atoms. The fourth-order valence-corrected chi connectivity index (χ4v) is 3.03. The van der Waals surface area contributed by atoms with E-state index in [0.29, 0.717) is 19.0 Å². The molecule has 2 aromatic rings. The molecule has 0 aliphatic heterocycles. The molecule has 148 valence electrons. The standard InChI is InChI=1S/C21H27N3O.2ClH/c22-20(19-11-12-19)13-23-21(25)16-24(14-17-7-3-1-4-8-17)15-18-9-5-2-6-10-18;;/h1-10,19-20H,11-16,22H2,(H,23,25);2*1H. The van der Waals surface area contributed by atoms with E-state index in [1.165, 1.54) is 24.0 Å². The Balaban J connectivity index is 0.00000182. The maximum atomic E-state index is 12.4. The molecule has 0 saturated heterocycles. The molecule has 3 rings (SSSR count). The number of nitrogens with one attached hydrogen (secondary N) is 1. The Morgan fingerprint density at radius 2 is 1.44 bits per heavy atom. The van der Waals surface area contributed by atoms with Crippen LogP contribution >= 0.6 is 24.8 Å². The summed E-state index contributed by atoms with van der Waals surface area (Å²) in [6.07, 6.45) is 2.40. The fourth-order valence-electron chi connectivity index (χ4n) is 3.03. The van der Waals surface area contributed by atoms with Crippen molar-refractivity contribution in [2.75, 3.05) is 13.1 Å². The second-order valence-electron chi connectivity index (χ2n) is 6.92. The zero-order chi connectivity index (χ0) is 17.5. The minimum Gasteiger partial charge on any atom is -0.353 e. The summed E-state index contributed by atoms with van der Waals surface area (Å²) in [4.78, 5) is 14.5. The lowest BCUT2D eigenvalue weighted by Crippen LogP contribution is -2.43. The first-order valence-electron chi connectivity index (χ1n) is 9.03. The van der Waals surface area contributed by atoms with Gasteiger partial charge in [0.25, 0.3) is 0 Å². The predicted molar refractivity (Wildman–Crippen MR) is 115 cm³/mol. The van der Waals surface area contributed by atoms with Gasteiger partial charge in [0.1, 0.15) is 0 Å². The Hall–Kier alpha value is -1.59. The van der Waals surface area contributed by atoms with Crippen LogP contribution in [0.5, 0.6) is 0 Å². The molecule has 1 unspecified atom stereocenters. The van der Waals surface area contributed by atoms with Crippen LogP contribution in [0.15, 0.2) is 60.7 Å². The molecule has 4 nitrogen and oxygen atoms in total. The van der Waals surface area contributed by atoms with Gasteiger partial charge in [-0.3, -0.25) is 9.69 Å². The molecular formula is C21H29Cl2N3O. The van der Waals surface area contributed by atoms with E-state index in [4.69, 9.17) is 5.73 Å². The van der Waals surface area contributed by atoms with Crippen molar-refractivity contribution in [2.45, 2.75) is 32.0 Å². The lowest BCUT2D eigenvalue weighted by Gasteiger charge is -2.22. The van der Waals surface area contributed by atoms with Gasteiger partial charge in [-0.15, -0.1) is 24.8 Å². The molecule has 1 saturated carbocycles. The quantitative estimate of drug-likeness (QED) is 0.666. The summed E-state index contributed by atoms with van der Waals surface area (Å²) in [6.45, 7) is 2.45. The number of hydrogen-bond donors (Lipinski definition) is 2. The van der Waals surface area contributed by atoms with E-state index in [9.17, 15) is 4.79 Å². The van der Waals surface area contributed by atoms with Crippen molar-refractivity contribution in [3.05, 3.63) is 71.8 Å². The fraction of sp³-hybridized carbons (Fsp3) is 0.381. The van der Waals surface area contributed by atoms with Crippen molar-refractivity contribution < 1.29 is 4.79 Å². The van der Waals surface area contributed by atoms with Gasteiger partial charge < -0.3 is 11.1 Å². The summed E-state index contributed by atoms with van der Waals surface area (Å²) >= 11 is 0. The van der Waals surface area contributed by atoms with Crippen LogP contribution in [-0.4, -0.2) is 29.9 Å². The number of nitrogens with zero attached hydrogens (tertiary/aromatic N) is 1. The van der Waals surface area contributed by atoms with E-state index in [-0.39, 0.29) is 36.8 Å². The molecule has 1 fully saturated rings. The Kier molecular flexibility index (Phi) is 10.4. The Labute approximate surface area is 174 Å². The molecule has 0 heterocycles. The average molecular weight is 410 g/mol. The highest BCUT2D eigenvalue weighted by atomic mass is 35.5. The Morgan fingerprint density at radius 3 is 1.89 bits per heavy atom. The number of benzene rings is 2. The van der Waals surface area contributed by atoms with E-state index < -0.39 is 0 Å². The van der Waals surface area contributed by atoms with E-state index in [1.54, 1.807) is 0 Å². The van der Waals surface area contributed by atoms with Crippen LogP contribution in [0.4, 0.5) is 0 Å². The molecule has 1 aliphatic carbocycles. The van der Waals surface area contributed by atoms with Crippen molar-refractivity contribution in [3.63, 3.8) is 0 Å². The summed E-state index contributed by atoms with van der Waals surface area (Å²) in [5, 5.41) is 3.00. The van der Waals surface area contributed by atoms with Crippen LogP contribution in [0.25, 0.3) is 0 Å². The second-order valence-corrected chi connectivity index (χ2v) is 6.92. The molecule has 6 heteroatoms. The minimum atomic E-state index is 0. The van der Waals surface area contributed by atoms with Gasteiger partial charge in [-0.2, -0.15) is 0 Å². The minimum absolute atomic E-state index is 0. The van der Waals surface area contributed by atoms with Crippen molar-refractivity contribution in [3.8, 4) is 0 Å². The molecule has 1 aliphatic rings. The number of amides is 1. The van der Waals surface area contributed by atoms with Gasteiger partial charge in [-0.1, -0.05) is 60.7 Å². The molecule has 27 heavy (non-hydrogen) atoms. The molecule has 3 N–H and O–H groups in total. The van der Waals surface area contributed by atoms with Gasteiger partial charge in [-0.05, 0) is 29.9 Å². The van der Waals surface area contributed by atoms with Crippen LogP contribution in [0.3, 0.4) is 0 Å². The SMILES string of the molecule is Cl.Cl.NC(CNC(=O)CN(Cc1ccccc1)Cc1ccccc1)C1CC1. The number of carbonyl (C=O) groups excluding carboxylic acids is 1. The number of halogens is 2. The highest BCUT2D eigenvalue weighted by molar-refractivity contribution is 5.85. The molecular weight excluding hydrogens is 381 g/mol. The zero-order valence-electron chi connectivity index (χ0n) is 15.4. The van der Waals surface area contributed by atoms with E-state index in [0.717, 1.165) is 13.1 Å². The molecule has 0 radical (unpaired) electrons. The van der Waals surface area contributed by atoms with E-state index in [1.807, 2.05) is 36.4 Å². The zero-order valence-corrected chi connectivity index (χ0v) is 17.1. The van der Waals surface area contributed by atoms with Gasteiger partial charge in [0, 0.05) is 25.7 Å². The summed E-state index contributed by atoms with van der Waals surface area (Å²) in [5.41, 5.74) is 8.50. The lowest BCUT2D eigenvalue weighted by molar-refractivity contribution is -0.122. The van der Waals surface area contributed by atoms with E-state index in [2.05, 4.69) is 34.5 Å². The van der Waals surface area contributed by atoms with Crippen molar-refractivity contribution >= 4 is 30.7 Å². The molecule has 1 atom stereocenters. The number of hydrogen-bond acceptors (Lipinski definition) is 3. The third-order valence-corrected chi connectivity index (χ3v) is 4.63. The highest BCUT2D eigenvalue weighted by Crippen LogP contribution is 2.31. The highest BCUT2D eigenvalue weighted by Gasteiger charge is 2.28. The number of nitrogens with two attached hydrogens (primary N) is 1. The van der Waals surface area contributed by atoms with Crippen LogP contribution in [-0.2, 0) is 17.9 Å². The van der Waals surface area contributed by atoms with Gasteiger partial charge in [0.15, 0.2) is 0 Å². The topological polar surface area (TPSA) is 58.4 Å². The molecule has 0 aromatic heterocycles. The summed E-state index contributed by atoms with van der Waals surface area (Å²) in [7, 11) is 0. The molecule has 2 aromatic carbocycles. The van der Waals surface area contributed by atoms with Crippen LogP contribution in [0.2, 0.25) is 0 Å². The summed E-state index contributed by atoms with van der Waals surface area (Å²) in [5.74, 6) is 0.646. The second kappa shape index (κ2) is 12.0. The molecule has 0 spiro atoms. The van der Waals surface area contributed by atoms with Gasteiger partial charge in [0.2, 0.25) is 5.91 Å². The Morgan fingerprint density at radius 1 is 0.963 bits per heavy atom. The third kappa shape index (κ3) is 8.31. The van der Waals surface area contributed by atoms with Gasteiger partial charge in [0.05, 0.1) is 6.54 Å². The number of rotatable bonds is 9.